The molecule has 0 spiro atoms. The van der Waals surface area contributed by atoms with Gasteiger partial charge in [-0.05, 0) is 51.3 Å². The van der Waals surface area contributed by atoms with Crippen LogP contribution in [0.15, 0.2) is 28.7 Å². The molecule has 2 heterocycles. The van der Waals surface area contributed by atoms with E-state index in [-0.39, 0.29) is 0 Å². The molecule has 1 aromatic carbocycles. The lowest BCUT2D eigenvalue weighted by Crippen LogP contribution is -2.32. The first-order chi connectivity index (χ1) is 10.8. The van der Waals surface area contributed by atoms with Gasteiger partial charge in [0.1, 0.15) is 0 Å². The lowest BCUT2D eigenvalue weighted by atomic mass is 9.96. The molecule has 0 atom stereocenters. The first-order valence-electron chi connectivity index (χ1n) is 8.39. The van der Waals surface area contributed by atoms with E-state index in [1.54, 1.807) is 0 Å². The quantitative estimate of drug-likeness (QED) is 0.864. The molecular weight excluding hydrogens is 274 g/mol. The molecule has 1 saturated carbocycles. The molecule has 0 unspecified atom stereocenters. The van der Waals surface area contributed by atoms with E-state index >= 15 is 0 Å². The van der Waals surface area contributed by atoms with Gasteiger partial charge in [-0.15, -0.1) is 10.2 Å². The van der Waals surface area contributed by atoms with Crippen LogP contribution in [-0.4, -0.2) is 28.2 Å². The van der Waals surface area contributed by atoms with E-state index in [2.05, 4.69) is 46.3 Å². The Morgan fingerprint density at radius 3 is 2.36 bits per heavy atom. The zero-order valence-electron chi connectivity index (χ0n) is 13.2. The Labute approximate surface area is 131 Å². The maximum absolute atomic E-state index is 5.88. The molecular formula is C18H23N3O. The summed E-state index contributed by atoms with van der Waals surface area (Å²) in [7, 11) is 0. The molecule has 4 nitrogen and oxygen atoms in total. The molecule has 0 amide bonds. The fourth-order valence-electron chi connectivity index (χ4n) is 3.31. The maximum atomic E-state index is 5.88. The molecule has 1 aliphatic heterocycles. The lowest BCUT2D eigenvalue weighted by Gasteiger charge is -2.30. The highest BCUT2D eigenvalue weighted by Gasteiger charge is 2.31. The van der Waals surface area contributed by atoms with Crippen molar-refractivity contribution >= 4 is 0 Å². The molecule has 22 heavy (non-hydrogen) atoms. The molecule has 2 aliphatic rings. The van der Waals surface area contributed by atoms with Crippen LogP contribution < -0.4 is 0 Å². The SMILES string of the molecule is Cc1cccc(CN2CCC(c3nnc(C4CC4)o3)CC2)c1. The number of likely N-dealkylation sites (tertiary alicyclic amines) is 1. The van der Waals surface area contributed by atoms with Crippen LogP contribution in [0.5, 0.6) is 0 Å². The summed E-state index contributed by atoms with van der Waals surface area (Å²) in [6.07, 6.45) is 4.68. The zero-order chi connectivity index (χ0) is 14.9. The Bertz CT molecular complexity index is 639. The van der Waals surface area contributed by atoms with Gasteiger partial charge in [-0.25, -0.2) is 0 Å². The second kappa shape index (κ2) is 5.84. The van der Waals surface area contributed by atoms with Crippen LogP contribution in [0.2, 0.25) is 0 Å². The van der Waals surface area contributed by atoms with E-state index in [1.165, 1.54) is 24.0 Å². The third-order valence-electron chi connectivity index (χ3n) is 4.81. The highest BCUT2D eigenvalue weighted by atomic mass is 16.4. The molecule has 1 aliphatic carbocycles. The van der Waals surface area contributed by atoms with Gasteiger partial charge >= 0.3 is 0 Å². The first kappa shape index (κ1) is 13.9. The van der Waals surface area contributed by atoms with Gasteiger partial charge in [-0.3, -0.25) is 4.90 Å². The number of aryl methyl sites for hydroxylation is 1. The summed E-state index contributed by atoms with van der Waals surface area (Å²) in [5, 5.41) is 8.51. The molecule has 1 saturated heterocycles. The van der Waals surface area contributed by atoms with E-state index < -0.39 is 0 Å². The summed E-state index contributed by atoms with van der Waals surface area (Å²) in [5.41, 5.74) is 2.75. The van der Waals surface area contributed by atoms with Crippen molar-refractivity contribution in [1.82, 2.24) is 15.1 Å². The first-order valence-corrected chi connectivity index (χ1v) is 8.39. The molecule has 2 aromatic rings. The Balaban J connectivity index is 1.33. The van der Waals surface area contributed by atoms with Crippen LogP contribution in [0.4, 0.5) is 0 Å². The second-order valence-electron chi connectivity index (χ2n) is 6.79. The highest BCUT2D eigenvalue weighted by Crippen LogP contribution is 2.40. The van der Waals surface area contributed by atoms with Gasteiger partial charge in [0, 0.05) is 18.4 Å². The van der Waals surface area contributed by atoms with E-state index in [4.69, 9.17) is 4.42 Å². The highest BCUT2D eigenvalue weighted by molar-refractivity contribution is 5.22. The summed E-state index contributed by atoms with van der Waals surface area (Å²) in [6.45, 7) is 5.42. The van der Waals surface area contributed by atoms with Crippen LogP contribution in [0.25, 0.3) is 0 Å². The van der Waals surface area contributed by atoms with Crippen molar-refractivity contribution in [1.29, 1.82) is 0 Å². The van der Waals surface area contributed by atoms with Crippen molar-refractivity contribution in [2.24, 2.45) is 0 Å². The van der Waals surface area contributed by atoms with Crippen LogP contribution in [-0.2, 0) is 6.54 Å². The minimum absolute atomic E-state index is 0.453. The number of nitrogens with zero attached hydrogens (tertiary/aromatic N) is 3. The van der Waals surface area contributed by atoms with Gasteiger partial charge in [0.15, 0.2) is 0 Å². The van der Waals surface area contributed by atoms with Gasteiger partial charge in [-0.1, -0.05) is 29.8 Å². The van der Waals surface area contributed by atoms with Crippen molar-refractivity contribution in [3.63, 3.8) is 0 Å². The van der Waals surface area contributed by atoms with Crippen molar-refractivity contribution in [2.75, 3.05) is 13.1 Å². The van der Waals surface area contributed by atoms with E-state index in [1.807, 2.05) is 0 Å². The third kappa shape index (κ3) is 3.07. The molecule has 0 bridgehead atoms. The average Bonchev–Trinajstić information content (AvgIpc) is 3.26. The molecule has 116 valence electrons. The molecule has 2 fully saturated rings. The Morgan fingerprint density at radius 2 is 1.73 bits per heavy atom. The minimum Gasteiger partial charge on any atom is -0.425 e. The molecule has 0 N–H and O–H groups in total. The second-order valence-corrected chi connectivity index (χ2v) is 6.79. The lowest BCUT2D eigenvalue weighted by molar-refractivity contribution is 0.192. The van der Waals surface area contributed by atoms with Crippen LogP contribution >= 0.6 is 0 Å². The predicted octanol–water partition coefficient (Wildman–Crippen LogP) is 3.64. The van der Waals surface area contributed by atoms with Gasteiger partial charge in [-0.2, -0.15) is 0 Å². The Morgan fingerprint density at radius 1 is 1.05 bits per heavy atom. The molecule has 4 rings (SSSR count). The summed E-state index contributed by atoms with van der Waals surface area (Å²) >= 11 is 0. The fourth-order valence-corrected chi connectivity index (χ4v) is 3.31. The summed E-state index contributed by atoms with van der Waals surface area (Å²) in [4.78, 5) is 2.53. The number of hydrogen-bond acceptors (Lipinski definition) is 4. The number of hydrogen-bond donors (Lipinski definition) is 0. The van der Waals surface area contributed by atoms with Crippen LogP contribution in [0.1, 0.15) is 60.4 Å². The summed E-state index contributed by atoms with van der Waals surface area (Å²) < 4.78 is 5.88. The van der Waals surface area contributed by atoms with Crippen LogP contribution in [0.3, 0.4) is 0 Å². The normalized spacial score (nSPS) is 20.4. The smallest absolute Gasteiger partial charge is 0.219 e. The van der Waals surface area contributed by atoms with E-state index in [0.717, 1.165) is 44.3 Å². The number of piperidine rings is 1. The van der Waals surface area contributed by atoms with Crippen molar-refractivity contribution < 1.29 is 4.42 Å². The van der Waals surface area contributed by atoms with E-state index in [9.17, 15) is 0 Å². The van der Waals surface area contributed by atoms with Gasteiger partial charge in [0.2, 0.25) is 11.8 Å². The zero-order valence-corrected chi connectivity index (χ0v) is 13.2. The number of aromatic nitrogens is 2. The van der Waals surface area contributed by atoms with Crippen LogP contribution in [0, 0.1) is 6.92 Å². The number of rotatable bonds is 4. The average molecular weight is 297 g/mol. The van der Waals surface area contributed by atoms with Gasteiger partial charge in [0.05, 0.1) is 0 Å². The van der Waals surface area contributed by atoms with Crippen molar-refractivity contribution in [2.45, 2.75) is 51.0 Å². The van der Waals surface area contributed by atoms with E-state index in [0.29, 0.717) is 11.8 Å². The third-order valence-corrected chi connectivity index (χ3v) is 4.81. The number of benzene rings is 1. The molecule has 0 radical (unpaired) electrons. The summed E-state index contributed by atoms with van der Waals surface area (Å²) in [5.74, 6) is 2.76. The van der Waals surface area contributed by atoms with Crippen molar-refractivity contribution in [3.05, 3.63) is 47.2 Å². The summed E-state index contributed by atoms with van der Waals surface area (Å²) in [6, 6.07) is 8.81. The monoisotopic (exact) mass is 297 g/mol. The minimum atomic E-state index is 0.453. The van der Waals surface area contributed by atoms with Gasteiger partial charge < -0.3 is 4.42 Å². The Kier molecular flexibility index (Phi) is 3.70. The molecule has 1 aromatic heterocycles. The van der Waals surface area contributed by atoms with Crippen molar-refractivity contribution in [3.8, 4) is 0 Å². The fraction of sp³-hybridized carbons (Fsp3) is 0.556. The standard InChI is InChI=1S/C18H23N3O/c1-13-3-2-4-14(11-13)12-21-9-7-16(8-10-21)18-20-19-17(22-18)15-5-6-15/h2-4,11,15-16H,5-10,12H2,1H3. The maximum Gasteiger partial charge on any atom is 0.219 e. The topological polar surface area (TPSA) is 42.2 Å². The predicted molar refractivity (Wildman–Crippen MR) is 84.7 cm³/mol. The molecule has 4 heteroatoms. The largest absolute Gasteiger partial charge is 0.425 e. The Hall–Kier alpha value is -1.68. The van der Waals surface area contributed by atoms with Gasteiger partial charge in [0.25, 0.3) is 0 Å².